The van der Waals surface area contributed by atoms with Crippen LogP contribution in [0.15, 0.2) is 55.1 Å². The van der Waals surface area contributed by atoms with Crippen molar-refractivity contribution < 1.29 is 4.79 Å². The number of hydrogen-bond donors (Lipinski definition) is 1. The van der Waals surface area contributed by atoms with E-state index in [0.29, 0.717) is 4.77 Å². The minimum Gasteiger partial charge on any atom is -0.324 e. The zero-order valence-corrected chi connectivity index (χ0v) is 13.5. The zero-order chi connectivity index (χ0) is 16.2. The third kappa shape index (κ3) is 3.40. The van der Waals surface area contributed by atoms with Gasteiger partial charge in [0.1, 0.15) is 12.9 Å². The summed E-state index contributed by atoms with van der Waals surface area (Å²) >= 11 is 5.35. The first kappa shape index (κ1) is 15.2. The molecule has 2 aromatic heterocycles. The van der Waals surface area contributed by atoms with Crippen LogP contribution in [0.1, 0.15) is 12.5 Å². The third-order valence-electron chi connectivity index (χ3n) is 3.49. The normalized spacial score (nSPS) is 10.7. The lowest BCUT2D eigenvalue weighted by Gasteiger charge is -2.06. The van der Waals surface area contributed by atoms with Gasteiger partial charge in [-0.05, 0) is 48.5 Å². The van der Waals surface area contributed by atoms with Gasteiger partial charge in [0, 0.05) is 18.1 Å². The van der Waals surface area contributed by atoms with E-state index in [-0.39, 0.29) is 12.5 Å². The second kappa shape index (κ2) is 6.62. The summed E-state index contributed by atoms with van der Waals surface area (Å²) < 4.78 is 5.44. The lowest BCUT2D eigenvalue weighted by Crippen LogP contribution is -2.20. The first-order valence-electron chi connectivity index (χ1n) is 7.34. The van der Waals surface area contributed by atoms with Gasteiger partial charge in [-0.15, -0.1) is 0 Å². The predicted molar refractivity (Wildman–Crippen MR) is 90.7 cm³/mol. The Labute approximate surface area is 139 Å². The number of amides is 1. The molecule has 0 unspecified atom stereocenters. The summed E-state index contributed by atoms with van der Waals surface area (Å²) in [5.74, 6) is -0.164. The second-order valence-electron chi connectivity index (χ2n) is 5.08. The van der Waals surface area contributed by atoms with Crippen molar-refractivity contribution in [2.75, 3.05) is 5.32 Å². The van der Waals surface area contributed by atoms with Crippen LogP contribution < -0.4 is 5.32 Å². The maximum Gasteiger partial charge on any atom is 0.246 e. The van der Waals surface area contributed by atoms with E-state index < -0.39 is 0 Å². The van der Waals surface area contributed by atoms with Gasteiger partial charge in [0.2, 0.25) is 10.7 Å². The van der Waals surface area contributed by atoms with Gasteiger partial charge in [-0.2, -0.15) is 5.10 Å². The number of nitrogens with one attached hydrogen (secondary N) is 1. The number of aromatic nitrogens is 4. The van der Waals surface area contributed by atoms with Crippen LogP contribution in [0.5, 0.6) is 0 Å². The average Bonchev–Trinajstić information content (AvgIpc) is 3.19. The molecule has 0 radical (unpaired) electrons. The van der Waals surface area contributed by atoms with Gasteiger partial charge in [0.05, 0.1) is 0 Å². The molecule has 0 bridgehead atoms. The van der Waals surface area contributed by atoms with Crippen LogP contribution in [0, 0.1) is 4.77 Å². The lowest BCUT2D eigenvalue weighted by molar-refractivity contribution is -0.116. The molecular formula is C16H17N5OS. The molecular weight excluding hydrogens is 310 g/mol. The monoisotopic (exact) mass is 327 g/mol. The van der Waals surface area contributed by atoms with Crippen molar-refractivity contribution in [2.24, 2.45) is 0 Å². The number of hydrogen-bond acceptors (Lipinski definition) is 3. The molecule has 1 amide bonds. The van der Waals surface area contributed by atoms with E-state index in [4.69, 9.17) is 12.2 Å². The summed E-state index contributed by atoms with van der Waals surface area (Å²) in [6.45, 7) is 2.17. The number of carbonyl (C=O) groups is 1. The highest BCUT2D eigenvalue weighted by molar-refractivity contribution is 7.71. The van der Waals surface area contributed by atoms with E-state index in [1.807, 2.05) is 48.8 Å². The van der Waals surface area contributed by atoms with E-state index in [2.05, 4.69) is 17.3 Å². The summed E-state index contributed by atoms with van der Waals surface area (Å²) in [4.78, 5) is 12.2. The van der Waals surface area contributed by atoms with Crippen molar-refractivity contribution in [3.05, 3.63) is 65.5 Å². The minimum absolute atomic E-state index is 0.0721. The van der Waals surface area contributed by atoms with Crippen LogP contribution in [0.3, 0.4) is 0 Å². The Hall–Kier alpha value is -2.67. The highest BCUT2D eigenvalue weighted by atomic mass is 32.1. The van der Waals surface area contributed by atoms with Gasteiger partial charge < -0.3 is 5.32 Å². The third-order valence-corrected chi connectivity index (χ3v) is 3.89. The molecule has 1 N–H and O–H groups in total. The SMILES string of the molecule is CCc1ccc(NC(=O)Cn2ncn(-n3cccc3)c2=S)cc1. The largest absolute Gasteiger partial charge is 0.324 e. The summed E-state index contributed by atoms with van der Waals surface area (Å²) in [5, 5.41) is 7.03. The van der Waals surface area contributed by atoms with Crippen molar-refractivity contribution in [2.45, 2.75) is 19.9 Å². The van der Waals surface area contributed by atoms with Crippen molar-refractivity contribution in [1.82, 2.24) is 19.1 Å². The highest BCUT2D eigenvalue weighted by Crippen LogP contribution is 2.10. The molecule has 0 spiro atoms. The molecule has 0 aliphatic carbocycles. The fourth-order valence-corrected chi connectivity index (χ4v) is 2.48. The Balaban J connectivity index is 1.69. The molecule has 0 atom stereocenters. The fraction of sp³-hybridized carbons (Fsp3) is 0.188. The van der Waals surface area contributed by atoms with E-state index in [0.717, 1.165) is 12.1 Å². The van der Waals surface area contributed by atoms with Crippen molar-refractivity contribution in [3.63, 3.8) is 0 Å². The second-order valence-corrected chi connectivity index (χ2v) is 5.44. The van der Waals surface area contributed by atoms with Crippen LogP contribution in [-0.2, 0) is 17.8 Å². The first-order chi connectivity index (χ1) is 11.2. The molecule has 0 aliphatic rings. The van der Waals surface area contributed by atoms with E-state index in [1.54, 1.807) is 15.7 Å². The van der Waals surface area contributed by atoms with Crippen LogP contribution in [-0.4, -0.2) is 25.0 Å². The summed E-state index contributed by atoms with van der Waals surface area (Å²) in [6, 6.07) is 11.6. The Kier molecular flexibility index (Phi) is 4.38. The number of aryl methyl sites for hydroxylation is 1. The molecule has 118 valence electrons. The molecule has 3 aromatic rings. The van der Waals surface area contributed by atoms with Gasteiger partial charge in [-0.1, -0.05) is 19.1 Å². The number of nitrogens with zero attached hydrogens (tertiary/aromatic N) is 4. The molecule has 7 heteroatoms. The predicted octanol–water partition coefficient (Wildman–Crippen LogP) is 2.73. The molecule has 0 saturated carbocycles. The highest BCUT2D eigenvalue weighted by Gasteiger charge is 2.08. The summed E-state index contributed by atoms with van der Waals surface area (Å²) in [5.41, 5.74) is 2.00. The Bertz CT molecular complexity index is 845. The van der Waals surface area contributed by atoms with Crippen LogP contribution in [0.2, 0.25) is 0 Å². The van der Waals surface area contributed by atoms with Gasteiger partial charge in [-0.25, -0.2) is 9.36 Å². The Morgan fingerprint density at radius 1 is 1.22 bits per heavy atom. The van der Waals surface area contributed by atoms with Crippen molar-refractivity contribution in [1.29, 1.82) is 0 Å². The van der Waals surface area contributed by atoms with E-state index in [1.165, 1.54) is 10.2 Å². The topological polar surface area (TPSA) is 56.8 Å². The smallest absolute Gasteiger partial charge is 0.246 e. The zero-order valence-electron chi connectivity index (χ0n) is 12.7. The van der Waals surface area contributed by atoms with Gasteiger partial charge >= 0.3 is 0 Å². The maximum absolute atomic E-state index is 12.2. The summed E-state index contributed by atoms with van der Waals surface area (Å²) in [7, 11) is 0. The molecule has 0 aliphatic heterocycles. The first-order valence-corrected chi connectivity index (χ1v) is 7.75. The number of rotatable bonds is 5. The minimum atomic E-state index is -0.164. The number of benzene rings is 1. The number of anilines is 1. The van der Waals surface area contributed by atoms with Gasteiger partial charge in [0.15, 0.2) is 0 Å². The Morgan fingerprint density at radius 3 is 2.57 bits per heavy atom. The molecule has 23 heavy (non-hydrogen) atoms. The molecule has 1 aromatic carbocycles. The van der Waals surface area contributed by atoms with Gasteiger partial charge in [-0.3, -0.25) is 9.47 Å². The maximum atomic E-state index is 12.2. The van der Waals surface area contributed by atoms with Crippen LogP contribution >= 0.6 is 12.2 Å². The quantitative estimate of drug-likeness (QED) is 0.733. The molecule has 0 fully saturated rings. The number of carbonyl (C=O) groups excluding carboxylic acids is 1. The van der Waals surface area contributed by atoms with Crippen LogP contribution in [0.25, 0.3) is 0 Å². The fourth-order valence-electron chi connectivity index (χ4n) is 2.22. The van der Waals surface area contributed by atoms with E-state index >= 15 is 0 Å². The lowest BCUT2D eigenvalue weighted by atomic mass is 10.1. The Morgan fingerprint density at radius 2 is 1.91 bits per heavy atom. The summed E-state index contributed by atoms with van der Waals surface area (Å²) in [6.07, 6.45) is 6.28. The molecule has 2 heterocycles. The molecule has 3 rings (SSSR count). The van der Waals surface area contributed by atoms with Gasteiger partial charge in [0.25, 0.3) is 0 Å². The molecule has 6 nitrogen and oxygen atoms in total. The van der Waals surface area contributed by atoms with Crippen molar-refractivity contribution >= 4 is 23.8 Å². The van der Waals surface area contributed by atoms with E-state index in [9.17, 15) is 4.79 Å². The molecule has 0 saturated heterocycles. The standard InChI is InChI=1S/C16H17N5OS/c1-2-13-5-7-14(8-6-13)18-15(22)11-20-16(23)21(12-17-20)19-9-3-4-10-19/h3-10,12H,2,11H2,1H3,(H,18,22). The van der Waals surface area contributed by atoms with Crippen molar-refractivity contribution in [3.8, 4) is 0 Å². The van der Waals surface area contributed by atoms with Crippen LogP contribution in [0.4, 0.5) is 5.69 Å². The average molecular weight is 327 g/mol.